The van der Waals surface area contributed by atoms with Gasteiger partial charge in [-0.05, 0) is 24.4 Å². The molecular formula is C12H9N5OS. The van der Waals surface area contributed by atoms with Crippen LogP contribution in [0.3, 0.4) is 0 Å². The first-order chi connectivity index (χ1) is 9.20. The van der Waals surface area contributed by atoms with Crippen LogP contribution in [0.2, 0.25) is 0 Å². The number of benzene rings is 1. The van der Waals surface area contributed by atoms with Crippen LogP contribution in [-0.2, 0) is 0 Å². The van der Waals surface area contributed by atoms with Gasteiger partial charge in [0.25, 0.3) is 5.91 Å². The topological polar surface area (TPSA) is 93.6 Å². The third-order valence-electron chi connectivity index (χ3n) is 2.25. The molecule has 19 heavy (non-hydrogen) atoms. The summed E-state index contributed by atoms with van der Waals surface area (Å²) in [6.07, 6.45) is 1.36. The molecule has 0 atom stereocenters. The Morgan fingerprint density at radius 2 is 2.11 bits per heavy atom. The Balaban J connectivity index is 1.99. The minimum absolute atomic E-state index is 0.0810. The molecule has 7 heteroatoms. The number of imidazole rings is 1. The quantitative estimate of drug-likeness (QED) is 0.718. The second-order valence-electron chi connectivity index (χ2n) is 3.51. The molecule has 0 aliphatic heterocycles. The van der Waals surface area contributed by atoms with Gasteiger partial charge in [-0.25, -0.2) is 4.98 Å². The zero-order valence-electron chi connectivity index (χ0n) is 9.68. The first kappa shape index (κ1) is 12.7. The Kier molecular flexibility index (Phi) is 3.85. The second-order valence-corrected chi connectivity index (χ2v) is 3.92. The third-order valence-corrected chi connectivity index (χ3v) is 2.45. The molecule has 3 N–H and O–H groups in total. The van der Waals surface area contributed by atoms with E-state index in [0.717, 1.165) is 0 Å². The predicted octanol–water partition coefficient (Wildman–Crippen LogP) is 1.41. The average Bonchev–Trinajstić information content (AvgIpc) is 2.86. The number of nitrogens with zero attached hydrogens (tertiary/aromatic N) is 2. The van der Waals surface area contributed by atoms with E-state index in [9.17, 15) is 4.79 Å². The molecule has 1 amide bonds. The van der Waals surface area contributed by atoms with Crippen molar-refractivity contribution in [2.45, 2.75) is 0 Å². The van der Waals surface area contributed by atoms with E-state index in [-0.39, 0.29) is 22.5 Å². The van der Waals surface area contributed by atoms with Gasteiger partial charge in [0.05, 0.1) is 6.33 Å². The third kappa shape index (κ3) is 3.14. The molecule has 2 rings (SSSR count). The number of thiocarbonyl (C=S) groups is 1. The molecule has 2 aromatic rings. The summed E-state index contributed by atoms with van der Waals surface area (Å²) in [4.78, 5) is 18.3. The summed E-state index contributed by atoms with van der Waals surface area (Å²) >= 11 is 4.98. The highest BCUT2D eigenvalue weighted by molar-refractivity contribution is 7.80. The van der Waals surface area contributed by atoms with E-state index in [1.807, 2.05) is 12.1 Å². The molecule has 1 aromatic carbocycles. The van der Waals surface area contributed by atoms with Crippen LogP contribution in [0.1, 0.15) is 16.1 Å². The number of aromatic nitrogens is 2. The summed E-state index contributed by atoms with van der Waals surface area (Å²) in [6, 6.07) is 10.6. The number of hydrogen-bond acceptors (Lipinski definition) is 4. The van der Waals surface area contributed by atoms with Crippen LogP contribution < -0.4 is 10.6 Å². The van der Waals surface area contributed by atoms with E-state index in [0.29, 0.717) is 5.56 Å². The van der Waals surface area contributed by atoms with Crippen LogP contribution in [0.15, 0.2) is 36.7 Å². The maximum atomic E-state index is 11.8. The lowest BCUT2D eigenvalue weighted by molar-refractivity contribution is 0.0977. The highest BCUT2D eigenvalue weighted by Crippen LogP contribution is 2.07. The second kappa shape index (κ2) is 5.75. The lowest BCUT2D eigenvalue weighted by atomic mass is 10.2. The van der Waals surface area contributed by atoms with E-state index in [1.165, 1.54) is 6.33 Å². The molecule has 0 saturated heterocycles. The monoisotopic (exact) mass is 271 g/mol. The van der Waals surface area contributed by atoms with Crippen molar-refractivity contribution in [2.24, 2.45) is 0 Å². The number of amides is 1. The van der Waals surface area contributed by atoms with Gasteiger partial charge in [0.2, 0.25) is 0 Å². The largest absolute Gasteiger partial charge is 0.335 e. The van der Waals surface area contributed by atoms with E-state index in [4.69, 9.17) is 17.5 Å². The van der Waals surface area contributed by atoms with Crippen LogP contribution in [-0.4, -0.2) is 21.0 Å². The molecular weight excluding hydrogens is 262 g/mol. The van der Waals surface area contributed by atoms with Crippen molar-refractivity contribution in [3.8, 4) is 6.07 Å². The van der Waals surface area contributed by atoms with E-state index in [2.05, 4.69) is 20.6 Å². The lowest BCUT2D eigenvalue weighted by Crippen LogP contribution is -2.34. The molecule has 1 aromatic heterocycles. The van der Waals surface area contributed by atoms with Crippen molar-refractivity contribution in [2.75, 3.05) is 5.32 Å². The zero-order valence-corrected chi connectivity index (χ0v) is 10.5. The maximum absolute atomic E-state index is 11.8. The van der Waals surface area contributed by atoms with Crippen LogP contribution in [0, 0.1) is 11.3 Å². The van der Waals surface area contributed by atoms with Crippen molar-refractivity contribution in [3.63, 3.8) is 0 Å². The average molecular weight is 271 g/mol. The van der Waals surface area contributed by atoms with Gasteiger partial charge >= 0.3 is 0 Å². The Bertz CT molecular complexity index is 644. The van der Waals surface area contributed by atoms with Gasteiger partial charge in [-0.2, -0.15) is 5.26 Å². The van der Waals surface area contributed by atoms with Crippen molar-refractivity contribution in [1.82, 2.24) is 15.3 Å². The number of nitriles is 1. The fraction of sp³-hybridized carbons (Fsp3) is 0. The summed E-state index contributed by atoms with van der Waals surface area (Å²) in [5.74, 6) is -0.0481. The predicted molar refractivity (Wildman–Crippen MR) is 73.4 cm³/mol. The summed E-state index contributed by atoms with van der Waals surface area (Å²) in [5.41, 5.74) is 0.741. The highest BCUT2D eigenvalue weighted by Gasteiger charge is 2.10. The first-order valence-corrected chi connectivity index (χ1v) is 5.72. The molecule has 0 saturated carbocycles. The Morgan fingerprint density at radius 1 is 1.37 bits per heavy atom. The fourth-order valence-corrected chi connectivity index (χ4v) is 1.57. The lowest BCUT2D eigenvalue weighted by Gasteiger charge is -2.07. The van der Waals surface area contributed by atoms with Crippen molar-refractivity contribution >= 4 is 29.1 Å². The van der Waals surface area contributed by atoms with E-state index in [1.54, 1.807) is 24.3 Å². The number of rotatable bonds is 2. The summed E-state index contributed by atoms with van der Waals surface area (Å²) in [7, 11) is 0. The van der Waals surface area contributed by atoms with Crippen LogP contribution in [0.5, 0.6) is 0 Å². The molecule has 0 fully saturated rings. The summed E-state index contributed by atoms with van der Waals surface area (Å²) in [5, 5.41) is 14.0. The first-order valence-electron chi connectivity index (χ1n) is 5.31. The van der Waals surface area contributed by atoms with Crippen LogP contribution >= 0.6 is 12.2 Å². The standard InChI is InChI=1S/C12H9N5OS/c13-6-9-10(15-7-14-9)16-12(19)17-11(18)8-4-2-1-3-5-8/h1-5,7H,(H,14,15)(H2,16,17,18,19). The maximum Gasteiger partial charge on any atom is 0.257 e. The number of carbonyl (C=O) groups is 1. The van der Waals surface area contributed by atoms with Gasteiger partial charge in [-0.15, -0.1) is 0 Å². The normalized spacial score (nSPS) is 9.42. The molecule has 0 unspecified atom stereocenters. The fourth-order valence-electron chi connectivity index (χ4n) is 1.38. The summed E-state index contributed by atoms with van der Waals surface area (Å²) < 4.78 is 0. The molecule has 0 radical (unpaired) electrons. The molecule has 0 bridgehead atoms. The Labute approximate surface area is 114 Å². The zero-order chi connectivity index (χ0) is 13.7. The van der Waals surface area contributed by atoms with Crippen molar-refractivity contribution < 1.29 is 4.79 Å². The molecule has 6 nitrogen and oxygen atoms in total. The molecule has 0 spiro atoms. The van der Waals surface area contributed by atoms with Crippen LogP contribution in [0.4, 0.5) is 5.82 Å². The molecule has 94 valence electrons. The number of anilines is 1. The van der Waals surface area contributed by atoms with Gasteiger partial charge in [-0.3, -0.25) is 10.1 Å². The van der Waals surface area contributed by atoms with Crippen molar-refractivity contribution in [1.29, 1.82) is 5.26 Å². The van der Waals surface area contributed by atoms with Gasteiger partial charge < -0.3 is 10.3 Å². The van der Waals surface area contributed by atoms with Gasteiger partial charge in [0.15, 0.2) is 16.6 Å². The summed E-state index contributed by atoms with van der Waals surface area (Å²) in [6.45, 7) is 0. The van der Waals surface area contributed by atoms with Crippen LogP contribution in [0.25, 0.3) is 0 Å². The Hall–Kier alpha value is -2.72. The minimum Gasteiger partial charge on any atom is -0.335 e. The number of H-pyrrole nitrogens is 1. The SMILES string of the molecule is N#Cc1[nH]cnc1NC(=S)NC(=O)c1ccccc1. The van der Waals surface area contributed by atoms with E-state index < -0.39 is 0 Å². The minimum atomic E-state index is -0.327. The molecule has 0 aliphatic rings. The number of carbonyl (C=O) groups excluding carboxylic acids is 1. The van der Waals surface area contributed by atoms with E-state index >= 15 is 0 Å². The van der Waals surface area contributed by atoms with Crippen molar-refractivity contribution in [3.05, 3.63) is 47.9 Å². The number of nitrogens with one attached hydrogen (secondary N) is 3. The highest BCUT2D eigenvalue weighted by atomic mass is 32.1. The Morgan fingerprint density at radius 3 is 2.79 bits per heavy atom. The number of hydrogen-bond donors (Lipinski definition) is 3. The smallest absolute Gasteiger partial charge is 0.257 e. The van der Waals surface area contributed by atoms with Gasteiger partial charge in [0.1, 0.15) is 6.07 Å². The molecule has 0 aliphatic carbocycles. The number of aromatic amines is 1. The van der Waals surface area contributed by atoms with Gasteiger partial charge in [0, 0.05) is 5.56 Å². The van der Waals surface area contributed by atoms with Gasteiger partial charge in [-0.1, -0.05) is 18.2 Å². The molecule has 1 heterocycles.